The Balaban J connectivity index is 1.69. The molecule has 4 aromatic rings. The van der Waals surface area contributed by atoms with Gasteiger partial charge in [0, 0.05) is 22.5 Å². The second-order valence-electron chi connectivity index (χ2n) is 7.11. The van der Waals surface area contributed by atoms with Gasteiger partial charge in [-0.3, -0.25) is 19.7 Å². The number of fused-ring (bicyclic) bond motifs is 4. The Kier molecular flexibility index (Phi) is 3.57. The largest absolute Gasteiger partial charge is 0.441 e. The molecule has 9 heteroatoms. The number of aromatic nitrogens is 3. The number of benzene rings is 2. The van der Waals surface area contributed by atoms with Crippen molar-refractivity contribution in [3.05, 3.63) is 92.3 Å². The summed E-state index contributed by atoms with van der Waals surface area (Å²) in [6.07, 6.45) is 3.70. The molecule has 0 amide bonds. The molecule has 1 atom stereocenters. The quantitative estimate of drug-likeness (QED) is 0.319. The zero-order valence-electron chi connectivity index (χ0n) is 15.3. The molecule has 0 radical (unpaired) electrons. The fourth-order valence-corrected chi connectivity index (χ4v) is 4.58. The van der Waals surface area contributed by atoms with E-state index >= 15 is 0 Å². The number of oxazole rings is 1. The highest BCUT2D eigenvalue weighted by Crippen LogP contribution is 2.43. The number of rotatable bonds is 2. The molecule has 6 rings (SSSR count). The first-order valence-corrected chi connectivity index (χ1v) is 10.0. The highest BCUT2D eigenvalue weighted by molar-refractivity contribution is 9.10. The lowest BCUT2D eigenvalue weighted by Crippen LogP contribution is -2.13. The minimum Gasteiger partial charge on any atom is -0.441 e. The molecule has 0 fully saturated rings. The van der Waals surface area contributed by atoms with Gasteiger partial charge in [-0.1, -0.05) is 28.1 Å². The van der Waals surface area contributed by atoms with Crippen LogP contribution in [-0.4, -0.2) is 25.2 Å². The molecule has 0 N–H and O–H groups in total. The Morgan fingerprint density at radius 3 is 2.90 bits per heavy atom. The normalized spacial score (nSPS) is 16.2. The van der Waals surface area contributed by atoms with Crippen molar-refractivity contribution in [1.82, 2.24) is 14.5 Å². The molecule has 30 heavy (non-hydrogen) atoms. The number of aliphatic imine (C=N–C) groups is 1. The van der Waals surface area contributed by atoms with Gasteiger partial charge in [0.2, 0.25) is 0 Å². The molecular weight excluding hydrogens is 450 g/mol. The van der Waals surface area contributed by atoms with Crippen molar-refractivity contribution in [3.8, 4) is 17.1 Å². The van der Waals surface area contributed by atoms with Crippen molar-refractivity contribution >= 4 is 27.3 Å². The van der Waals surface area contributed by atoms with Crippen LogP contribution in [0.25, 0.3) is 17.1 Å². The molecule has 0 saturated carbocycles. The van der Waals surface area contributed by atoms with Crippen molar-refractivity contribution in [2.75, 3.05) is 0 Å². The first-order valence-electron chi connectivity index (χ1n) is 9.23. The van der Waals surface area contributed by atoms with Gasteiger partial charge in [-0.05, 0) is 24.3 Å². The molecule has 3 heterocycles. The maximum atomic E-state index is 11.7. The smallest absolute Gasteiger partial charge is 0.278 e. The van der Waals surface area contributed by atoms with E-state index in [9.17, 15) is 10.1 Å². The van der Waals surface area contributed by atoms with Gasteiger partial charge in [0.1, 0.15) is 12.0 Å². The molecule has 0 bridgehead atoms. The minimum absolute atomic E-state index is 0.0186. The SMILES string of the molecule is O=[N+]([O-])c1ccccc1C1=N[C@H]2Cc3ncoc3-c3ncn(c32)-c2ccc(Br)cc21. The van der Waals surface area contributed by atoms with Crippen LogP contribution in [-0.2, 0) is 6.42 Å². The molecule has 1 aliphatic carbocycles. The summed E-state index contributed by atoms with van der Waals surface area (Å²) in [5.74, 6) is 0.656. The van der Waals surface area contributed by atoms with Crippen LogP contribution >= 0.6 is 15.9 Å². The lowest BCUT2D eigenvalue weighted by molar-refractivity contribution is -0.385. The van der Waals surface area contributed by atoms with E-state index in [0.29, 0.717) is 29.2 Å². The monoisotopic (exact) mass is 461 g/mol. The van der Waals surface area contributed by atoms with Crippen LogP contribution in [0.5, 0.6) is 0 Å². The van der Waals surface area contributed by atoms with Gasteiger partial charge in [-0.15, -0.1) is 0 Å². The van der Waals surface area contributed by atoms with Crippen molar-refractivity contribution in [3.63, 3.8) is 0 Å². The van der Waals surface area contributed by atoms with Crippen molar-refractivity contribution in [2.45, 2.75) is 12.5 Å². The predicted octanol–water partition coefficient (Wildman–Crippen LogP) is 4.65. The molecule has 8 nitrogen and oxygen atoms in total. The van der Waals surface area contributed by atoms with Gasteiger partial charge in [0.25, 0.3) is 5.69 Å². The third-order valence-corrected chi connectivity index (χ3v) is 5.97. The Hall–Kier alpha value is -3.59. The molecular formula is C21H12BrN5O3. The average Bonchev–Trinajstić information content (AvgIpc) is 3.36. The fourth-order valence-electron chi connectivity index (χ4n) is 4.22. The van der Waals surface area contributed by atoms with Crippen molar-refractivity contribution in [2.24, 2.45) is 4.99 Å². The Bertz CT molecular complexity index is 1390. The summed E-state index contributed by atoms with van der Waals surface area (Å²) in [5.41, 5.74) is 5.11. The topological polar surface area (TPSA) is 99.3 Å². The maximum Gasteiger partial charge on any atom is 0.278 e. The molecule has 0 unspecified atom stereocenters. The van der Waals surface area contributed by atoms with Crippen LogP contribution in [0.3, 0.4) is 0 Å². The first kappa shape index (κ1) is 17.3. The number of nitro groups is 1. The van der Waals surface area contributed by atoms with Crippen LogP contribution in [0.1, 0.15) is 28.6 Å². The summed E-state index contributed by atoms with van der Waals surface area (Å²) in [6.45, 7) is 0. The number of halogens is 1. The van der Waals surface area contributed by atoms with Gasteiger partial charge in [0.15, 0.2) is 12.2 Å². The van der Waals surface area contributed by atoms with Gasteiger partial charge >= 0.3 is 0 Å². The van der Waals surface area contributed by atoms with Crippen molar-refractivity contribution in [1.29, 1.82) is 0 Å². The van der Waals surface area contributed by atoms with Gasteiger partial charge in [0.05, 0.1) is 39.3 Å². The van der Waals surface area contributed by atoms with E-state index in [1.165, 1.54) is 12.5 Å². The molecule has 2 aromatic heterocycles. The number of hydrogen-bond donors (Lipinski definition) is 0. The summed E-state index contributed by atoms with van der Waals surface area (Å²) in [7, 11) is 0. The Morgan fingerprint density at radius 2 is 2.03 bits per heavy atom. The molecule has 1 aliphatic heterocycles. The Labute approximate surface area is 178 Å². The third-order valence-electron chi connectivity index (χ3n) is 5.48. The second-order valence-corrected chi connectivity index (χ2v) is 8.03. The number of nitro benzene ring substituents is 1. The van der Waals surface area contributed by atoms with Crippen LogP contribution in [0.4, 0.5) is 5.69 Å². The molecule has 146 valence electrons. The van der Waals surface area contributed by atoms with Gasteiger partial charge in [-0.2, -0.15) is 0 Å². The van der Waals surface area contributed by atoms with Crippen LogP contribution in [0.2, 0.25) is 0 Å². The van der Waals surface area contributed by atoms with E-state index in [-0.39, 0.29) is 16.7 Å². The third kappa shape index (κ3) is 2.35. The van der Waals surface area contributed by atoms with E-state index < -0.39 is 0 Å². The maximum absolute atomic E-state index is 11.7. The lowest BCUT2D eigenvalue weighted by atomic mass is 9.96. The zero-order valence-corrected chi connectivity index (χ0v) is 16.9. The zero-order chi connectivity index (χ0) is 20.4. The minimum atomic E-state index is -0.371. The highest BCUT2D eigenvalue weighted by Gasteiger charge is 2.36. The highest BCUT2D eigenvalue weighted by atomic mass is 79.9. The fraction of sp³-hybridized carbons (Fsp3) is 0.0952. The number of para-hydroxylation sites is 1. The predicted molar refractivity (Wildman–Crippen MR) is 112 cm³/mol. The number of imidazole rings is 1. The summed E-state index contributed by atoms with van der Waals surface area (Å²) in [6, 6.07) is 12.2. The van der Waals surface area contributed by atoms with Gasteiger partial charge < -0.3 is 4.42 Å². The molecule has 0 spiro atoms. The van der Waals surface area contributed by atoms with Crippen LogP contribution in [0, 0.1) is 10.1 Å². The van der Waals surface area contributed by atoms with E-state index in [1.807, 2.05) is 22.8 Å². The van der Waals surface area contributed by atoms with E-state index in [1.54, 1.807) is 24.5 Å². The summed E-state index contributed by atoms with van der Waals surface area (Å²) in [4.78, 5) is 25.3. The number of nitrogens with zero attached hydrogens (tertiary/aromatic N) is 5. The number of hydrogen-bond acceptors (Lipinski definition) is 6. The standard InChI is InChI=1S/C21H12BrN5O3/c22-11-5-6-16-13(7-11)18(12-3-1-2-4-17(12)27(28)29)25-14-8-15-21(30-10-24-15)19-20(14)26(16)9-23-19/h1-7,9-10,14H,8H2/t14-/m0/s1. The van der Waals surface area contributed by atoms with E-state index in [0.717, 1.165) is 27.1 Å². The second kappa shape index (κ2) is 6.20. The molecule has 2 aliphatic rings. The van der Waals surface area contributed by atoms with Crippen LogP contribution < -0.4 is 0 Å². The Morgan fingerprint density at radius 1 is 1.17 bits per heavy atom. The molecule has 0 saturated heterocycles. The molecule has 2 aromatic carbocycles. The van der Waals surface area contributed by atoms with Crippen LogP contribution in [0.15, 0.2) is 69.1 Å². The summed E-state index contributed by atoms with van der Waals surface area (Å²) < 4.78 is 8.45. The van der Waals surface area contributed by atoms with Gasteiger partial charge in [-0.25, -0.2) is 9.97 Å². The van der Waals surface area contributed by atoms with E-state index in [2.05, 4.69) is 25.9 Å². The average molecular weight is 462 g/mol. The van der Waals surface area contributed by atoms with E-state index in [4.69, 9.17) is 9.41 Å². The first-order chi connectivity index (χ1) is 14.6. The lowest BCUT2D eigenvalue weighted by Gasteiger charge is -2.18. The van der Waals surface area contributed by atoms with Crippen molar-refractivity contribution < 1.29 is 9.34 Å². The summed E-state index contributed by atoms with van der Waals surface area (Å²) >= 11 is 3.53. The summed E-state index contributed by atoms with van der Waals surface area (Å²) in [5, 5.41) is 11.7.